The van der Waals surface area contributed by atoms with Crippen LogP contribution in [0.15, 0.2) is 94.9 Å². The topological polar surface area (TPSA) is 147 Å². The fraction of sp³-hybridized carbons (Fsp3) is 0.250. The van der Waals surface area contributed by atoms with E-state index >= 15 is 0 Å². The number of carbonyl (C=O) groups excluding carboxylic acids is 1. The molecule has 4 heterocycles. The highest BCUT2D eigenvalue weighted by atomic mass is 32.2. The van der Waals surface area contributed by atoms with Crippen molar-refractivity contribution in [2.45, 2.75) is 44.2 Å². The third-order valence-corrected chi connectivity index (χ3v) is 9.61. The molecule has 1 saturated carbocycles. The van der Waals surface area contributed by atoms with Gasteiger partial charge in [-0.1, -0.05) is 42.5 Å². The van der Waals surface area contributed by atoms with Crippen molar-refractivity contribution in [3.63, 3.8) is 0 Å². The number of aromatic nitrogens is 5. The minimum Gasteiger partial charge on any atom is -0.348 e. The van der Waals surface area contributed by atoms with Crippen LogP contribution in [-0.4, -0.2) is 56.7 Å². The average molecular weight is 715 g/mol. The molecule has 1 N–H and O–H groups in total. The lowest BCUT2D eigenvalue weighted by atomic mass is 9.90. The third kappa shape index (κ3) is 7.07. The van der Waals surface area contributed by atoms with Crippen LogP contribution in [0, 0.1) is 11.6 Å². The second-order valence-electron chi connectivity index (χ2n) is 12.5. The maximum atomic E-state index is 14.6. The first-order valence-corrected chi connectivity index (χ1v) is 18.1. The summed E-state index contributed by atoms with van der Waals surface area (Å²) in [4.78, 5) is 50.0. The van der Waals surface area contributed by atoms with Gasteiger partial charge in [0.15, 0.2) is 5.65 Å². The molecule has 2 aromatic carbocycles. The van der Waals surface area contributed by atoms with Crippen LogP contribution in [0.3, 0.4) is 0 Å². The van der Waals surface area contributed by atoms with Gasteiger partial charge in [0.25, 0.3) is 21.6 Å². The number of halogens is 2. The number of benzene rings is 2. The van der Waals surface area contributed by atoms with Gasteiger partial charge < -0.3 is 9.72 Å². The molecule has 1 fully saturated rings. The Hall–Kier alpha value is -5.54. The van der Waals surface area contributed by atoms with Gasteiger partial charge in [-0.05, 0) is 67.5 Å². The fourth-order valence-electron chi connectivity index (χ4n) is 6.62. The summed E-state index contributed by atoms with van der Waals surface area (Å²) in [6.07, 6.45) is 6.38. The summed E-state index contributed by atoms with van der Waals surface area (Å²) >= 11 is 0. The second kappa shape index (κ2) is 13.6. The van der Waals surface area contributed by atoms with E-state index in [4.69, 9.17) is 4.18 Å². The van der Waals surface area contributed by atoms with Crippen LogP contribution in [0.5, 0.6) is 0 Å². The van der Waals surface area contributed by atoms with E-state index in [9.17, 15) is 31.6 Å². The van der Waals surface area contributed by atoms with Crippen molar-refractivity contribution in [3.05, 3.63) is 129 Å². The zero-order chi connectivity index (χ0) is 35.9. The number of amides is 1. The average Bonchev–Trinajstić information content (AvgIpc) is 3.53. The van der Waals surface area contributed by atoms with Crippen molar-refractivity contribution in [2.24, 2.45) is 0 Å². The maximum absolute atomic E-state index is 14.6. The van der Waals surface area contributed by atoms with E-state index in [0.29, 0.717) is 48.1 Å². The second-order valence-corrected chi connectivity index (χ2v) is 14.2. The molecule has 0 spiro atoms. The smallest absolute Gasteiger partial charge is 0.337 e. The molecule has 0 aliphatic heterocycles. The van der Waals surface area contributed by atoms with E-state index in [0.717, 1.165) is 28.6 Å². The Morgan fingerprint density at radius 3 is 2.47 bits per heavy atom. The Kier molecular flexibility index (Phi) is 9.08. The van der Waals surface area contributed by atoms with Crippen molar-refractivity contribution >= 4 is 32.7 Å². The van der Waals surface area contributed by atoms with Crippen LogP contribution >= 0.6 is 0 Å². The van der Waals surface area contributed by atoms with Crippen molar-refractivity contribution in [1.82, 2.24) is 28.8 Å². The monoisotopic (exact) mass is 714 g/mol. The minimum absolute atomic E-state index is 0.0300. The van der Waals surface area contributed by atoms with Crippen LogP contribution in [0.25, 0.3) is 33.5 Å². The number of imidazole rings is 1. The van der Waals surface area contributed by atoms with E-state index in [1.165, 1.54) is 33.5 Å². The highest BCUT2D eigenvalue weighted by Gasteiger charge is 2.29. The van der Waals surface area contributed by atoms with Crippen LogP contribution in [0.4, 0.5) is 8.78 Å². The van der Waals surface area contributed by atoms with Gasteiger partial charge in [0.2, 0.25) is 0 Å². The maximum Gasteiger partial charge on any atom is 0.337 e. The first kappa shape index (κ1) is 33.9. The number of pyridine rings is 2. The fourth-order valence-corrected chi connectivity index (χ4v) is 7.01. The summed E-state index contributed by atoms with van der Waals surface area (Å²) in [6, 6.07) is 17.5. The molecule has 7 rings (SSSR count). The largest absolute Gasteiger partial charge is 0.348 e. The number of fused-ring (bicyclic) bond motifs is 2. The number of hydrogen-bond acceptors (Lipinski definition) is 8. The molecule has 0 saturated heterocycles. The van der Waals surface area contributed by atoms with Crippen LogP contribution < -0.4 is 16.6 Å². The molecule has 15 heteroatoms. The van der Waals surface area contributed by atoms with E-state index in [-0.39, 0.29) is 35.8 Å². The summed E-state index contributed by atoms with van der Waals surface area (Å²) in [6.45, 7) is -0.128. The van der Waals surface area contributed by atoms with Gasteiger partial charge in [-0.3, -0.25) is 18.3 Å². The van der Waals surface area contributed by atoms with Gasteiger partial charge in [0.05, 0.1) is 30.1 Å². The normalized spacial score (nSPS) is 16.5. The van der Waals surface area contributed by atoms with E-state index in [1.807, 2.05) is 30.3 Å². The predicted molar refractivity (Wildman–Crippen MR) is 185 cm³/mol. The summed E-state index contributed by atoms with van der Waals surface area (Å²) < 4.78 is 60.3. The Balaban J connectivity index is 1.24. The molecule has 0 radical (unpaired) electrons. The molecular weight excluding hydrogens is 682 g/mol. The SMILES string of the molecule is CS(=O)(=O)OCCc1ccc(-c2ccccc2)c(-n2c(=O)n(C3CCC(NC(=O)c4cn5cc(F)ccc5n4)CC3)c(=O)c3cc(F)cnc32)c1. The van der Waals surface area contributed by atoms with Gasteiger partial charge >= 0.3 is 5.69 Å². The quantitative estimate of drug-likeness (QED) is 0.215. The van der Waals surface area contributed by atoms with Crippen molar-refractivity contribution in [2.75, 3.05) is 12.9 Å². The molecule has 1 aliphatic rings. The van der Waals surface area contributed by atoms with Gasteiger partial charge in [0, 0.05) is 30.0 Å². The lowest BCUT2D eigenvalue weighted by Crippen LogP contribution is -2.45. The van der Waals surface area contributed by atoms with Crippen LogP contribution in [0.2, 0.25) is 0 Å². The Bertz CT molecular complexity index is 2530. The summed E-state index contributed by atoms with van der Waals surface area (Å²) in [5, 5.41) is 2.87. The molecule has 262 valence electrons. The van der Waals surface area contributed by atoms with Gasteiger partial charge in [-0.25, -0.2) is 28.1 Å². The summed E-state index contributed by atoms with van der Waals surface area (Å²) in [7, 11) is -3.68. The number of carbonyl (C=O) groups is 1. The highest BCUT2D eigenvalue weighted by molar-refractivity contribution is 7.85. The van der Waals surface area contributed by atoms with Crippen LogP contribution in [0.1, 0.15) is 47.8 Å². The number of nitrogens with zero attached hydrogens (tertiary/aromatic N) is 5. The van der Waals surface area contributed by atoms with Gasteiger partial charge in [-0.15, -0.1) is 0 Å². The molecule has 1 aliphatic carbocycles. The number of hydrogen-bond donors (Lipinski definition) is 1. The first-order chi connectivity index (χ1) is 24.4. The highest BCUT2D eigenvalue weighted by Crippen LogP contribution is 2.31. The summed E-state index contributed by atoms with van der Waals surface area (Å²) in [5.74, 6) is -1.63. The van der Waals surface area contributed by atoms with E-state index < -0.39 is 45.0 Å². The minimum atomic E-state index is -3.68. The molecule has 12 nitrogen and oxygen atoms in total. The molecule has 0 unspecified atom stereocenters. The standard InChI is InChI=1S/C36H32F2N6O6S/c1-51(48,49)50-16-15-22-7-13-28(23-5-3-2-4-6-23)31(17-22)44-33-29(18-25(38)19-39-33)35(46)43(36(44)47)27-11-9-26(10-12-27)40-34(45)30-21-42-20-24(37)8-14-32(42)41-30/h2-8,13-14,17-21,26-27H,9-12,15-16H2,1H3,(H,40,45). The van der Waals surface area contributed by atoms with Crippen molar-refractivity contribution < 1.29 is 26.2 Å². The first-order valence-electron chi connectivity index (χ1n) is 16.3. The van der Waals surface area contributed by atoms with Crippen molar-refractivity contribution in [3.8, 4) is 16.8 Å². The lowest BCUT2D eigenvalue weighted by molar-refractivity contribution is 0.0917. The Morgan fingerprint density at radius 1 is 0.961 bits per heavy atom. The lowest BCUT2D eigenvalue weighted by Gasteiger charge is -2.30. The molecule has 0 bridgehead atoms. The molecule has 6 aromatic rings. The zero-order valence-electron chi connectivity index (χ0n) is 27.3. The van der Waals surface area contributed by atoms with E-state index in [1.54, 1.807) is 18.2 Å². The Labute approximate surface area is 290 Å². The number of nitrogens with one attached hydrogen (secondary N) is 1. The molecule has 1 amide bonds. The molecule has 0 atom stereocenters. The van der Waals surface area contributed by atoms with Crippen LogP contribution in [-0.2, 0) is 20.7 Å². The van der Waals surface area contributed by atoms with E-state index in [2.05, 4.69) is 15.3 Å². The molecule has 51 heavy (non-hydrogen) atoms. The van der Waals surface area contributed by atoms with Gasteiger partial charge in [-0.2, -0.15) is 8.42 Å². The summed E-state index contributed by atoms with van der Waals surface area (Å²) in [5.41, 5.74) is 1.59. The number of rotatable bonds is 9. The molecule has 4 aromatic heterocycles. The predicted octanol–water partition coefficient (Wildman–Crippen LogP) is 4.57. The Morgan fingerprint density at radius 2 is 1.73 bits per heavy atom. The third-order valence-electron chi connectivity index (χ3n) is 9.01. The van der Waals surface area contributed by atoms with Crippen molar-refractivity contribution in [1.29, 1.82) is 0 Å². The molecular formula is C36H32F2N6O6S. The van der Waals surface area contributed by atoms with Gasteiger partial charge in [0.1, 0.15) is 23.0 Å². The zero-order valence-corrected chi connectivity index (χ0v) is 28.1.